The topological polar surface area (TPSA) is 125 Å². The van der Waals surface area contributed by atoms with Crippen molar-refractivity contribution >= 4 is 40.9 Å². The zero-order valence-corrected chi connectivity index (χ0v) is 26.1. The van der Waals surface area contributed by atoms with Crippen LogP contribution in [0.3, 0.4) is 0 Å². The van der Waals surface area contributed by atoms with E-state index in [4.69, 9.17) is 17.3 Å². The lowest BCUT2D eigenvalue weighted by Gasteiger charge is -2.37. The summed E-state index contributed by atoms with van der Waals surface area (Å²) in [4.78, 5) is 56.2. The van der Waals surface area contributed by atoms with Crippen molar-refractivity contribution in [1.82, 2.24) is 15.1 Å². The molecule has 0 fully saturated rings. The average Bonchev–Trinajstić information content (AvgIpc) is 2.94. The maximum Gasteiger partial charge on any atom is 0.246 e. The molecule has 10 heteroatoms. The Balaban J connectivity index is 1.72. The van der Waals surface area contributed by atoms with E-state index in [1.807, 2.05) is 31.2 Å². The summed E-state index contributed by atoms with van der Waals surface area (Å²) < 4.78 is 0. The normalized spacial score (nSPS) is 15.4. The van der Waals surface area contributed by atoms with Crippen molar-refractivity contribution in [3.05, 3.63) is 64.2 Å². The molecule has 0 saturated carbocycles. The summed E-state index contributed by atoms with van der Waals surface area (Å²) in [7, 11) is 1.75. The number of rotatable bonds is 11. The highest BCUT2D eigenvalue weighted by molar-refractivity contribution is 6.31. The number of nitrogens with zero attached hydrogens (tertiary/aromatic N) is 2. The van der Waals surface area contributed by atoms with E-state index in [-0.39, 0.29) is 49.6 Å². The van der Waals surface area contributed by atoms with E-state index in [0.717, 1.165) is 23.1 Å². The molecule has 1 heterocycles. The van der Waals surface area contributed by atoms with Crippen LogP contribution in [0.2, 0.25) is 5.02 Å². The highest BCUT2D eigenvalue weighted by atomic mass is 35.5. The molecule has 0 bridgehead atoms. The van der Waals surface area contributed by atoms with Crippen molar-refractivity contribution in [1.29, 1.82) is 0 Å². The predicted octanol–water partition coefficient (Wildman–Crippen LogP) is 4.05. The number of halogens is 1. The Labute approximate surface area is 254 Å². The van der Waals surface area contributed by atoms with Gasteiger partial charge in [-0.2, -0.15) is 0 Å². The van der Waals surface area contributed by atoms with Crippen LogP contribution in [-0.2, 0) is 32.1 Å². The molecule has 0 aromatic heterocycles. The van der Waals surface area contributed by atoms with E-state index >= 15 is 0 Å². The number of nitrogens with two attached hydrogens (primary N) is 1. The zero-order valence-electron chi connectivity index (χ0n) is 25.3. The van der Waals surface area contributed by atoms with Crippen molar-refractivity contribution in [2.45, 2.75) is 78.4 Å². The molecule has 2 aromatic carbocycles. The minimum absolute atomic E-state index is 0.00668. The number of anilines is 1. The summed E-state index contributed by atoms with van der Waals surface area (Å²) >= 11 is 6.11. The van der Waals surface area contributed by atoms with E-state index in [9.17, 15) is 19.2 Å². The Kier molecular flexibility index (Phi) is 11.5. The van der Waals surface area contributed by atoms with Gasteiger partial charge in [0.15, 0.2) is 0 Å². The van der Waals surface area contributed by atoms with Crippen LogP contribution >= 0.6 is 11.6 Å². The van der Waals surface area contributed by atoms with Crippen molar-refractivity contribution in [2.24, 2.45) is 11.1 Å². The van der Waals surface area contributed by atoms with Crippen molar-refractivity contribution in [3.63, 3.8) is 0 Å². The molecule has 2 aromatic rings. The molecule has 0 radical (unpaired) electrons. The molecular weight excluding hydrogens is 554 g/mol. The second-order valence-electron chi connectivity index (χ2n) is 12.2. The van der Waals surface area contributed by atoms with Gasteiger partial charge in [-0.15, -0.1) is 0 Å². The maximum absolute atomic E-state index is 13.7. The molecule has 1 unspecified atom stereocenters. The average molecular weight is 598 g/mol. The molecular formula is C32H44ClN5O4. The number of amides is 4. The lowest BCUT2D eigenvalue weighted by molar-refractivity contribution is -0.144. The van der Waals surface area contributed by atoms with Gasteiger partial charge in [-0.3, -0.25) is 19.2 Å². The van der Waals surface area contributed by atoms with Crippen LogP contribution in [0.25, 0.3) is 0 Å². The van der Waals surface area contributed by atoms with Crippen LogP contribution in [0, 0.1) is 12.3 Å². The van der Waals surface area contributed by atoms with Gasteiger partial charge in [0.25, 0.3) is 0 Å². The Hall–Kier alpha value is -3.43. The number of hydrogen-bond acceptors (Lipinski definition) is 5. The molecule has 1 aliphatic rings. The number of aryl methyl sites for hydroxylation is 1. The number of carbonyl (C=O) groups excluding carboxylic acids is 4. The lowest BCUT2D eigenvalue weighted by atomic mass is 9.92. The highest BCUT2D eigenvalue weighted by Crippen LogP contribution is 2.25. The Morgan fingerprint density at radius 1 is 1.10 bits per heavy atom. The number of nitrogens with one attached hydrogen (secondary N) is 2. The van der Waals surface area contributed by atoms with Crippen molar-refractivity contribution in [3.8, 4) is 0 Å². The van der Waals surface area contributed by atoms with E-state index in [0.29, 0.717) is 23.7 Å². The standard InChI is InChI=1S/C32H44ClN5O4/c1-21-18-24(10-11-25(21)33)35-30(41)26(14-16-34)36-31(42)27-19-22-8-6-7-9-23(22)20-38(27)29(40)13-12-28(39)37(5)17-15-32(2,3)4/h6-11,18,26-27H,12-17,19-20,34H2,1-5H3,(H,35,41)(H,36,42)/t26-,27?/m0/s1. The van der Waals surface area contributed by atoms with Gasteiger partial charge in [-0.05, 0) is 66.6 Å². The van der Waals surface area contributed by atoms with Crippen LogP contribution in [-0.4, -0.2) is 65.6 Å². The Morgan fingerprint density at radius 3 is 2.43 bits per heavy atom. The van der Waals surface area contributed by atoms with Gasteiger partial charge in [0, 0.05) is 50.1 Å². The summed E-state index contributed by atoms with van der Waals surface area (Å²) in [6, 6.07) is 11.1. The summed E-state index contributed by atoms with van der Waals surface area (Å²) in [6.45, 7) is 9.23. The SMILES string of the molecule is Cc1cc(NC(=O)[C@H](CCN)NC(=O)C2Cc3ccccc3CN2C(=O)CCC(=O)N(C)CCC(C)(C)C)ccc1Cl. The first kappa shape index (κ1) is 33.1. The Bertz CT molecular complexity index is 1290. The molecule has 3 rings (SSSR count). The van der Waals surface area contributed by atoms with E-state index in [2.05, 4.69) is 31.4 Å². The van der Waals surface area contributed by atoms with Gasteiger partial charge in [-0.25, -0.2) is 0 Å². The highest BCUT2D eigenvalue weighted by Gasteiger charge is 2.36. The Morgan fingerprint density at radius 2 is 1.79 bits per heavy atom. The second kappa shape index (κ2) is 14.6. The smallest absolute Gasteiger partial charge is 0.246 e. The number of fused-ring (bicyclic) bond motifs is 1. The van der Waals surface area contributed by atoms with Gasteiger partial charge < -0.3 is 26.2 Å². The molecule has 0 aliphatic carbocycles. The molecule has 2 atom stereocenters. The third-order valence-corrected chi connectivity index (χ3v) is 7.99. The first-order chi connectivity index (χ1) is 19.8. The van der Waals surface area contributed by atoms with Gasteiger partial charge >= 0.3 is 0 Å². The van der Waals surface area contributed by atoms with E-state index < -0.39 is 23.9 Å². The van der Waals surface area contributed by atoms with E-state index in [1.54, 1.807) is 30.1 Å². The van der Waals surface area contributed by atoms with Crippen LogP contribution < -0.4 is 16.4 Å². The first-order valence-electron chi connectivity index (χ1n) is 14.5. The summed E-state index contributed by atoms with van der Waals surface area (Å²) in [6.07, 6.45) is 1.43. The third kappa shape index (κ3) is 9.29. The summed E-state index contributed by atoms with van der Waals surface area (Å²) in [5.74, 6) is -1.23. The molecule has 4 N–H and O–H groups in total. The van der Waals surface area contributed by atoms with Gasteiger partial charge in [0.1, 0.15) is 12.1 Å². The van der Waals surface area contributed by atoms with Gasteiger partial charge in [0.2, 0.25) is 23.6 Å². The van der Waals surface area contributed by atoms with Crippen LogP contribution in [0.4, 0.5) is 5.69 Å². The summed E-state index contributed by atoms with van der Waals surface area (Å²) in [5.41, 5.74) is 9.17. The molecule has 1 aliphatic heterocycles. The fourth-order valence-electron chi connectivity index (χ4n) is 4.85. The van der Waals surface area contributed by atoms with Crippen LogP contribution in [0.5, 0.6) is 0 Å². The van der Waals surface area contributed by atoms with Gasteiger partial charge in [0.05, 0.1) is 0 Å². The monoisotopic (exact) mass is 597 g/mol. The fraction of sp³-hybridized carbons (Fsp3) is 0.500. The van der Waals surface area contributed by atoms with Crippen molar-refractivity contribution in [2.75, 3.05) is 25.5 Å². The molecule has 0 spiro atoms. The first-order valence-corrected chi connectivity index (χ1v) is 14.8. The van der Waals surface area contributed by atoms with Crippen LogP contribution in [0.1, 0.15) is 63.1 Å². The molecule has 4 amide bonds. The molecule has 228 valence electrons. The number of benzene rings is 2. The molecule has 0 saturated heterocycles. The van der Waals surface area contributed by atoms with E-state index in [1.165, 1.54) is 4.90 Å². The lowest BCUT2D eigenvalue weighted by Crippen LogP contribution is -2.56. The predicted molar refractivity (Wildman–Crippen MR) is 166 cm³/mol. The van der Waals surface area contributed by atoms with Crippen LogP contribution in [0.15, 0.2) is 42.5 Å². The fourth-order valence-corrected chi connectivity index (χ4v) is 4.97. The quantitative estimate of drug-likeness (QED) is 0.360. The largest absolute Gasteiger partial charge is 0.346 e. The van der Waals surface area contributed by atoms with Gasteiger partial charge in [-0.1, -0.05) is 56.6 Å². The number of carbonyl (C=O) groups is 4. The summed E-state index contributed by atoms with van der Waals surface area (Å²) in [5, 5.41) is 6.25. The minimum atomic E-state index is -0.898. The molecule has 42 heavy (non-hydrogen) atoms. The second-order valence-corrected chi connectivity index (χ2v) is 12.6. The zero-order chi connectivity index (χ0) is 31.0. The minimum Gasteiger partial charge on any atom is -0.346 e. The maximum atomic E-state index is 13.7. The third-order valence-electron chi connectivity index (χ3n) is 7.56. The molecule has 9 nitrogen and oxygen atoms in total. The van der Waals surface area contributed by atoms with Crippen molar-refractivity contribution < 1.29 is 19.2 Å². The number of hydrogen-bond donors (Lipinski definition) is 3.